The highest BCUT2D eigenvalue weighted by atomic mass is 32.1. The molecule has 1 unspecified atom stereocenters. The molecule has 0 spiro atoms. The molecule has 5 heteroatoms. The molecule has 3 aromatic rings. The average molecular weight is 350 g/mol. The zero-order valence-corrected chi connectivity index (χ0v) is 14.9. The van der Waals surface area contributed by atoms with Gasteiger partial charge in [-0.05, 0) is 41.6 Å². The van der Waals surface area contributed by atoms with E-state index >= 15 is 0 Å². The fraction of sp³-hybridized carbons (Fsp3) is 0.200. The number of fused-ring (bicyclic) bond motifs is 2. The molecule has 4 rings (SSSR count). The molecule has 0 radical (unpaired) electrons. The van der Waals surface area contributed by atoms with Crippen molar-refractivity contribution in [2.45, 2.75) is 26.2 Å². The number of hydrogen-bond donors (Lipinski definition) is 2. The second kappa shape index (κ2) is 6.01. The zero-order valence-electron chi connectivity index (χ0n) is 14.1. The molecule has 2 heterocycles. The van der Waals surface area contributed by atoms with Gasteiger partial charge in [-0.2, -0.15) is 0 Å². The monoisotopic (exact) mass is 350 g/mol. The van der Waals surface area contributed by atoms with Crippen LogP contribution in [0.5, 0.6) is 0 Å². The molecule has 126 valence electrons. The van der Waals surface area contributed by atoms with E-state index in [1.165, 1.54) is 27.5 Å². The fourth-order valence-electron chi connectivity index (χ4n) is 3.51. The van der Waals surface area contributed by atoms with E-state index < -0.39 is 0 Å². The minimum absolute atomic E-state index is 0.00864. The summed E-state index contributed by atoms with van der Waals surface area (Å²) >= 11 is 1.76. The van der Waals surface area contributed by atoms with E-state index in [2.05, 4.69) is 29.7 Å². The third kappa shape index (κ3) is 2.81. The van der Waals surface area contributed by atoms with Crippen LogP contribution in [-0.2, 0) is 9.59 Å². The third-order valence-corrected chi connectivity index (χ3v) is 6.00. The Morgan fingerprint density at radius 2 is 2.04 bits per heavy atom. The zero-order chi connectivity index (χ0) is 17.6. The van der Waals surface area contributed by atoms with Crippen LogP contribution in [0, 0.1) is 6.92 Å². The van der Waals surface area contributed by atoms with E-state index in [4.69, 9.17) is 0 Å². The van der Waals surface area contributed by atoms with Crippen molar-refractivity contribution in [3.05, 3.63) is 58.5 Å². The molecule has 25 heavy (non-hydrogen) atoms. The smallest absolute Gasteiger partial charge is 0.225 e. The standard InChI is InChI=1S/C20H18N2O2S/c1-11-14-5-3-4-6-18(14)25-20(11)16-10-19(24)22-17-9-13(21-12(2)23)7-8-15(16)17/h3-9,16H,10H2,1-2H3,(H,21,23)(H,22,24). The van der Waals surface area contributed by atoms with Crippen molar-refractivity contribution in [2.75, 3.05) is 10.6 Å². The largest absolute Gasteiger partial charge is 0.326 e. The molecule has 0 fully saturated rings. The lowest BCUT2D eigenvalue weighted by atomic mass is 9.87. The maximum Gasteiger partial charge on any atom is 0.225 e. The number of carbonyl (C=O) groups is 2. The van der Waals surface area contributed by atoms with Gasteiger partial charge in [0.2, 0.25) is 11.8 Å². The second-order valence-electron chi connectivity index (χ2n) is 6.38. The molecule has 0 saturated carbocycles. The van der Waals surface area contributed by atoms with Gasteiger partial charge in [-0.15, -0.1) is 11.3 Å². The molecule has 0 bridgehead atoms. The molecule has 4 nitrogen and oxygen atoms in total. The van der Waals surface area contributed by atoms with Crippen molar-refractivity contribution >= 4 is 44.6 Å². The number of nitrogens with one attached hydrogen (secondary N) is 2. The Labute approximate surface area is 149 Å². The molecule has 1 atom stereocenters. The predicted octanol–water partition coefficient (Wildman–Crippen LogP) is 4.64. The molecule has 1 aliphatic heterocycles. The van der Waals surface area contributed by atoms with Crippen LogP contribution in [0.15, 0.2) is 42.5 Å². The van der Waals surface area contributed by atoms with E-state index in [0.29, 0.717) is 12.1 Å². The molecule has 1 aromatic heterocycles. The third-order valence-electron chi connectivity index (χ3n) is 4.61. The molecule has 2 aromatic carbocycles. The summed E-state index contributed by atoms with van der Waals surface area (Å²) in [4.78, 5) is 24.8. The van der Waals surface area contributed by atoms with Gasteiger partial charge in [-0.25, -0.2) is 0 Å². The maximum atomic E-state index is 12.3. The van der Waals surface area contributed by atoms with E-state index in [-0.39, 0.29) is 17.7 Å². The number of rotatable bonds is 2. The van der Waals surface area contributed by atoms with Crippen LogP contribution in [0.2, 0.25) is 0 Å². The second-order valence-corrected chi connectivity index (χ2v) is 7.46. The minimum atomic E-state index is -0.126. The van der Waals surface area contributed by atoms with E-state index in [9.17, 15) is 9.59 Å². The molecular weight excluding hydrogens is 332 g/mol. The van der Waals surface area contributed by atoms with E-state index in [1.54, 1.807) is 11.3 Å². The van der Waals surface area contributed by atoms with Crippen LogP contribution in [0.4, 0.5) is 11.4 Å². The highest BCUT2D eigenvalue weighted by Crippen LogP contribution is 2.44. The van der Waals surface area contributed by atoms with E-state index in [0.717, 1.165) is 11.3 Å². The average Bonchev–Trinajstić information content (AvgIpc) is 2.90. The van der Waals surface area contributed by atoms with Crippen LogP contribution in [0.1, 0.15) is 35.3 Å². The van der Waals surface area contributed by atoms with Crippen LogP contribution in [0.25, 0.3) is 10.1 Å². The number of anilines is 2. The molecule has 2 N–H and O–H groups in total. The van der Waals surface area contributed by atoms with Crippen molar-refractivity contribution in [2.24, 2.45) is 0 Å². The lowest BCUT2D eigenvalue weighted by molar-refractivity contribution is -0.116. The van der Waals surface area contributed by atoms with Gasteiger partial charge in [0.25, 0.3) is 0 Å². The highest BCUT2D eigenvalue weighted by Gasteiger charge is 2.29. The molecule has 0 aliphatic carbocycles. The van der Waals surface area contributed by atoms with Crippen molar-refractivity contribution < 1.29 is 9.59 Å². The first-order chi connectivity index (χ1) is 12.0. The fourth-order valence-corrected chi connectivity index (χ4v) is 4.84. The van der Waals surface area contributed by atoms with Gasteiger partial charge in [-0.1, -0.05) is 24.3 Å². The Morgan fingerprint density at radius 3 is 2.80 bits per heavy atom. The van der Waals surface area contributed by atoms with Gasteiger partial charge in [0.15, 0.2) is 0 Å². The summed E-state index contributed by atoms with van der Waals surface area (Å²) in [5, 5.41) is 6.96. The number of benzene rings is 2. The summed E-state index contributed by atoms with van der Waals surface area (Å²) in [5.74, 6) is -0.0687. The van der Waals surface area contributed by atoms with Gasteiger partial charge in [0.1, 0.15) is 0 Å². The van der Waals surface area contributed by atoms with Gasteiger partial charge in [0, 0.05) is 40.2 Å². The number of aryl methyl sites for hydroxylation is 1. The minimum Gasteiger partial charge on any atom is -0.326 e. The Morgan fingerprint density at radius 1 is 1.24 bits per heavy atom. The first-order valence-electron chi connectivity index (χ1n) is 8.22. The first kappa shape index (κ1) is 15.8. The van der Waals surface area contributed by atoms with Gasteiger partial charge < -0.3 is 10.6 Å². The number of amides is 2. The van der Waals surface area contributed by atoms with Crippen LogP contribution in [-0.4, -0.2) is 11.8 Å². The Balaban J connectivity index is 1.82. The summed E-state index contributed by atoms with van der Waals surface area (Å²) < 4.78 is 1.25. The lowest BCUT2D eigenvalue weighted by Gasteiger charge is -2.26. The van der Waals surface area contributed by atoms with Crippen LogP contribution in [0.3, 0.4) is 0 Å². The predicted molar refractivity (Wildman–Crippen MR) is 102 cm³/mol. The van der Waals surface area contributed by atoms with Crippen LogP contribution < -0.4 is 10.6 Å². The van der Waals surface area contributed by atoms with Crippen molar-refractivity contribution in [1.29, 1.82) is 0 Å². The van der Waals surface area contributed by atoms with Crippen molar-refractivity contribution in [3.8, 4) is 0 Å². The van der Waals surface area contributed by atoms with Crippen molar-refractivity contribution in [3.63, 3.8) is 0 Å². The van der Waals surface area contributed by atoms with Crippen molar-refractivity contribution in [1.82, 2.24) is 0 Å². The summed E-state index contributed by atoms with van der Waals surface area (Å²) in [6.07, 6.45) is 0.445. The normalized spacial score (nSPS) is 16.4. The Kier molecular flexibility index (Phi) is 3.81. The maximum absolute atomic E-state index is 12.3. The Bertz CT molecular complexity index is 1010. The summed E-state index contributed by atoms with van der Waals surface area (Å²) in [5.41, 5.74) is 3.82. The quantitative estimate of drug-likeness (QED) is 0.707. The summed E-state index contributed by atoms with van der Waals surface area (Å²) in [7, 11) is 0. The number of hydrogen-bond acceptors (Lipinski definition) is 3. The number of carbonyl (C=O) groups excluding carboxylic acids is 2. The summed E-state index contributed by atoms with van der Waals surface area (Å²) in [6, 6.07) is 14.1. The van der Waals surface area contributed by atoms with Gasteiger partial charge in [0.05, 0.1) is 0 Å². The lowest BCUT2D eigenvalue weighted by Crippen LogP contribution is -2.23. The molecule has 1 aliphatic rings. The van der Waals surface area contributed by atoms with Gasteiger partial charge in [-0.3, -0.25) is 9.59 Å². The SMILES string of the molecule is CC(=O)Nc1ccc2c(c1)NC(=O)CC2c1sc2ccccc2c1C. The molecule has 2 amide bonds. The van der Waals surface area contributed by atoms with E-state index in [1.807, 2.05) is 30.3 Å². The highest BCUT2D eigenvalue weighted by molar-refractivity contribution is 7.19. The molecule has 0 saturated heterocycles. The molecular formula is C20H18N2O2S. The summed E-state index contributed by atoms with van der Waals surface area (Å²) in [6.45, 7) is 3.60. The topological polar surface area (TPSA) is 58.2 Å². The first-order valence-corrected chi connectivity index (χ1v) is 9.04. The number of thiophene rings is 1. The van der Waals surface area contributed by atoms with Crippen LogP contribution >= 0.6 is 11.3 Å². The Hall–Kier alpha value is -2.66. The van der Waals surface area contributed by atoms with Gasteiger partial charge >= 0.3 is 0 Å².